The van der Waals surface area contributed by atoms with Crippen LogP contribution in [0, 0.1) is 5.41 Å². The van der Waals surface area contributed by atoms with Crippen LogP contribution in [-0.4, -0.2) is 31.9 Å². The van der Waals surface area contributed by atoms with E-state index in [1.165, 1.54) is 21.1 Å². The third-order valence-electron chi connectivity index (χ3n) is 5.08. The van der Waals surface area contributed by atoms with Crippen molar-refractivity contribution in [1.29, 1.82) is 0 Å². The molecule has 0 fully saturated rings. The summed E-state index contributed by atoms with van der Waals surface area (Å²) in [6, 6.07) is 14.7. The van der Waals surface area contributed by atoms with E-state index in [2.05, 4.69) is 6.58 Å². The molecule has 2 rings (SSSR count). The molecule has 0 radical (unpaired) electrons. The number of Topliss-reactive ketones (excluding diaryl/α,β-unsaturated/α-hetero) is 1. The first-order chi connectivity index (χ1) is 13.9. The van der Waals surface area contributed by atoms with E-state index in [0.29, 0.717) is 18.4 Å². The third kappa shape index (κ3) is 4.99. The molecule has 0 aromatic heterocycles. The van der Waals surface area contributed by atoms with Gasteiger partial charge in [-0.1, -0.05) is 42.5 Å². The Balaban J connectivity index is 2.43. The number of ether oxygens (including phenoxy) is 2. The lowest BCUT2D eigenvalue weighted by Gasteiger charge is -2.28. The summed E-state index contributed by atoms with van der Waals surface area (Å²) in [5.41, 5.74) is 1.74. The normalized spacial score (nSPS) is 12.5. The van der Waals surface area contributed by atoms with Gasteiger partial charge in [0.25, 0.3) is 0 Å². The molecule has 152 valence electrons. The molecule has 1 atom stereocenters. The van der Waals surface area contributed by atoms with E-state index >= 15 is 0 Å². The quantitative estimate of drug-likeness (QED) is 0.358. The van der Waals surface area contributed by atoms with Crippen molar-refractivity contribution in [3.05, 3.63) is 72.3 Å². The summed E-state index contributed by atoms with van der Waals surface area (Å²) in [6.07, 6.45) is 2.78. The van der Waals surface area contributed by atoms with Crippen LogP contribution in [0.5, 0.6) is 0 Å². The Morgan fingerprint density at radius 3 is 2.24 bits per heavy atom. The molecule has 5 heteroatoms. The standard InChI is InChI=1S/C24H26O5/c1-5-6-13-24(17(2)25,23(27)29-4)16-18-9-7-10-19(14-18)20-11-8-12-21(15-20)22(26)28-3/h5,7-12,14-15H,1,6,13,16H2,2-4H3. The molecule has 0 amide bonds. The summed E-state index contributed by atoms with van der Waals surface area (Å²) in [4.78, 5) is 36.9. The highest BCUT2D eigenvalue weighted by molar-refractivity contribution is 6.03. The molecule has 0 heterocycles. The summed E-state index contributed by atoms with van der Waals surface area (Å²) < 4.78 is 9.75. The fourth-order valence-corrected chi connectivity index (χ4v) is 3.40. The minimum Gasteiger partial charge on any atom is -0.468 e. The zero-order valence-electron chi connectivity index (χ0n) is 17.1. The largest absolute Gasteiger partial charge is 0.468 e. The van der Waals surface area contributed by atoms with Crippen LogP contribution in [0.4, 0.5) is 0 Å². The molecular formula is C24H26O5. The summed E-state index contributed by atoms with van der Waals surface area (Å²) >= 11 is 0. The van der Waals surface area contributed by atoms with Crippen LogP contribution >= 0.6 is 0 Å². The maximum Gasteiger partial charge on any atom is 0.337 e. The van der Waals surface area contributed by atoms with Crippen LogP contribution in [0.1, 0.15) is 35.7 Å². The van der Waals surface area contributed by atoms with Crippen molar-refractivity contribution in [3.63, 3.8) is 0 Å². The summed E-state index contributed by atoms with van der Waals surface area (Å²) in [5, 5.41) is 0. The van der Waals surface area contributed by atoms with E-state index in [9.17, 15) is 14.4 Å². The molecule has 0 saturated heterocycles. The molecule has 5 nitrogen and oxygen atoms in total. The molecule has 0 N–H and O–H groups in total. The fraction of sp³-hybridized carbons (Fsp3) is 0.292. The van der Waals surface area contributed by atoms with Crippen molar-refractivity contribution in [2.75, 3.05) is 14.2 Å². The average molecular weight is 394 g/mol. The molecule has 1 unspecified atom stereocenters. The van der Waals surface area contributed by atoms with E-state index in [0.717, 1.165) is 16.7 Å². The Labute approximate surface area is 171 Å². The number of carbonyl (C=O) groups is 3. The lowest BCUT2D eigenvalue weighted by molar-refractivity contribution is -0.158. The Kier molecular flexibility index (Phi) is 7.48. The second-order valence-electron chi connectivity index (χ2n) is 6.91. The number of hydrogen-bond donors (Lipinski definition) is 0. The molecule has 0 aliphatic rings. The number of ketones is 1. The Bertz CT molecular complexity index is 915. The molecular weight excluding hydrogens is 368 g/mol. The minimum absolute atomic E-state index is 0.230. The van der Waals surface area contributed by atoms with Gasteiger partial charge in [-0.3, -0.25) is 9.59 Å². The van der Waals surface area contributed by atoms with Gasteiger partial charge < -0.3 is 9.47 Å². The smallest absolute Gasteiger partial charge is 0.337 e. The predicted molar refractivity (Wildman–Crippen MR) is 111 cm³/mol. The maximum atomic E-state index is 12.6. The second kappa shape index (κ2) is 9.82. The van der Waals surface area contributed by atoms with Crippen LogP contribution in [-0.2, 0) is 25.5 Å². The highest BCUT2D eigenvalue weighted by Crippen LogP contribution is 2.33. The van der Waals surface area contributed by atoms with Crippen molar-refractivity contribution in [1.82, 2.24) is 0 Å². The minimum atomic E-state index is -1.25. The number of benzene rings is 2. The Hall–Kier alpha value is -3.21. The van der Waals surface area contributed by atoms with E-state index < -0.39 is 17.4 Å². The van der Waals surface area contributed by atoms with Gasteiger partial charge in [0.2, 0.25) is 0 Å². The van der Waals surface area contributed by atoms with Gasteiger partial charge in [-0.15, -0.1) is 6.58 Å². The highest BCUT2D eigenvalue weighted by Gasteiger charge is 2.43. The number of hydrogen-bond acceptors (Lipinski definition) is 5. The van der Waals surface area contributed by atoms with Crippen molar-refractivity contribution in [2.24, 2.45) is 5.41 Å². The highest BCUT2D eigenvalue weighted by atomic mass is 16.5. The molecule has 2 aromatic carbocycles. The number of methoxy groups -OCH3 is 2. The van der Waals surface area contributed by atoms with Gasteiger partial charge in [0, 0.05) is 0 Å². The molecule has 0 aliphatic heterocycles. The first-order valence-corrected chi connectivity index (χ1v) is 9.36. The second-order valence-corrected chi connectivity index (χ2v) is 6.91. The first-order valence-electron chi connectivity index (χ1n) is 9.36. The van der Waals surface area contributed by atoms with Crippen molar-refractivity contribution in [2.45, 2.75) is 26.2 Å². The monoisotopic (exact) mass is 394 g/mol. The molecule has 0 aliphatic carbocycles. The van der Waals surface area contributed by atoms with Gasteiger partial charge in [-0.05, 0) is 55.0 Å². The lowest BCUT2D eigenvalue weighted by atomic mass is 9.74. The zero-order valence-corrected chi connectivity index (χ0v) is 17.1. The number of allylic oxidation sites excluding steroid dienone is 1. The Morgan fingerprint density at radius 2 is 1.66 bits per heavy atom. The summed E-state index contributed by atoms with van der Waals surface area (Å²) in [5.74, 6) is -1.18. The third-order valence-corrected chi connectivity index (χ3v) is 5.08. The molecule has 29 heavy (non-hydrogen) atoms. The van der Waals surface area contributed by atoms with E-state index in [-0.39, 0.29) is 12.2 Å². The van der Waals surface area contributed by atoms with Gasteiger partial charge in [-0.2, -0.15) is 0 Å². The van der Waals surface area contributed by atoms with E-state index in [4.69, 9.17) is 9.47 Å². The molecule has 2 aromatic rings. The van der Waals surface area contributed by atoms with Gasteiger partial charge in [0.1, 0.15) is 11.2 Å². The van der Waals surface area contributed by atoms with Crippen LogP contribution in [0.2, 0.25) is 0 Å². The van der Waals surface area contributed by atoms with Gasteiger partial charge in [0.05, 0.1) is 19.8 Å². The molecule has 0 spiro atoms. The SMILES string of the molecule is C=CCCC(Cc1cccc(-c2cccc(C(=O)OC)c2)c1)(C(C)=O)C(=O)OC. The van der Waals surface area contributed by atoms with E-state index in [1.807, 2.05) is 30.3 Å². The maximum absolute atomic E-state index is 12.6. The topological polar surface area (TPSA) is 69.7 Å². The molecule has 0 saturated carbocycles. The summed E-state index contributed by atoms with van der Waals surface area (Å²) in [6.45, 7) is 5.12. The number of rotatable bonds is 9. The fourth-order valence-electron chi connectivity index (χ4n) is 3.40. The Morgan fingerprint density at radius 1 is 1.00 bits per heavy atom. The van der Waals surface area contributed by atoms with Crippen molar-refractivity contribution >= 4 is 17.7 Å². The first kappa shape index (κ1) is 22.1. The van der Waals surface area contributed by atoms with Crippen LogP contribution in [0.15, 0.2) is 61.2 Å². The van der Waals surface area contributed by atoms with Crippen LogP contribution in [0.3, 0.4) is 0 Å². The number of esters is 2. The van der Waals surface area contributed by atoms with Gasteiger partial charge in [0.15, 0.2) is 0 Å². The predicted octanol–water partition coefficient (Wildman–Crippen LogP) is 4.40. The van der Waals surface area contributed by atoms with Crippen LogP contribution < -0.4 is 0 Å². The van der Waals surface area contributed by atoms with Gasteiger partial charge >= 0.3 is 11.9 Å². The van der Waals surface area contributed by atoms with Crippen LogP contribution in [0.25, 0.3) is 11.1 Å². The number of carbonyl (C=O) groups excluding carboxylic acids is 3. The zero-order chi connectivity index (χ0) is 21.4. The summed E-state index contributed by atoms with van der Waals surface area (Å²) in [7, 11) is 2.63. The molecule has 0 bridgehead atoms. The van der Waals surface area contributed by atoms with E-state index in [1.54, 1.807) is 24.3 Å². The van der Waals surface area contributed by atoms with Gasteiger partial charge in [-0.25, -0.2) is 4.79 Å². The average Bonchev–Trinajstić information content (AvgIpc) is 2.75. The van der Waals surface area contributed by atoms with Crippen molar-refractivity contribution in [3.8, 4) is 11.1 Å². The van der Waals surface area contributed by atoms with Crippen molar-refractivity contribution < 1.29 is 23.9 Å². The lowest BCUT2D eigenvalue weighted by Crippen LogP contribution is -2.41.